The number of piperazine rings is 1. The zero-order valence-corrected chi connectivity index (χ0v) is 16.4. The molecule has 2 amide bonds. The van der Waals surface area contributed by atoms with Crippen molar-refractivity contribution in [3.05, 3.63) is 36.3 Å². The van der Waals surface area contributed by atoms with Crippen molar-refractivity contribution >= 4 is 11.6 Å². The largest absolute Gasteiger partial charge is 0.380 e. The number of carbonyl (C=O) groups excluding carboxylic acids is 1. The Morgan fingerprint density at radius 1 is 1.21 bits per heavy atom. The number of amides is 2. The van der Waals surface area contributed by atoms with E-state index in [2.05, 4.69) is 20.4 Å². The van der Waals surface area contributed by atoms with Crippen molar-refractivity contribution in [2.24, 2.45) is 0 Å². The van der Waals surface area contributed by atoms with Crippen molar-refractivity contribution in [1.82, 2.24) is 30.2 Å². The van der Waals surface area contributed by atoms with Crippen LogP contribution in [0.25, 0.3) is 5.57 Å². The van der Waals surface area contributed by atoms with Gasteiger partial charge in [-0.1, -0.05) is 6.08 Å². The number of aromatic amines is 1. The minimum Gasteiger partial charge on any atom is -0.380 e. The zero-order chi connectivity index (χ0) is 19.6. The first-order valence-corrected chi connectivity index (χ1v) is 9.68. The molecule has 4 heterocycles. The van der Waals surface area contributed by atoms with Gasteiger partial charge >= 0.3 is 6.03 Å². The average molecular weight is 388 g/mol. The molecule has 2 atom stereocenters. The summed E-state index contributed by atoms with van der Waals surface area (Å²) >= 11 is 0. The number of rotatable bonds is 4. The van der Waals surface area contributed by atoms with Gasteiger partial charge in [0.15, 0.2) is 0 Å². The van der Waals surface area contributed by atoms with E-state index >= 15 is 0 Å². The number of ether oxygens (including phenoxy) is 2. The standard InChI is InChI=1S/C19H28N6O3/c1-27-17-4-6-24(14-17)18(26)23-7-9-25(10-8-23)19(28-2)5-3-15(11-20-19)16-12-21-22-13-16/h3,5,11-13,17,20H,4,6-10,14H2,1-2H3,(H,21,22)/t17?,19-/m0/s1. The number of dihydropyridines is 1. The molecule has 0 radical (unpaired) electrons. The minimum absolute atomic E-state index is 0.111. The van der Waals surface area contributed by atoms with Crippen molar-refractivity contribution in [3.8, 4) is 0 Å². The second-order valence-corrected chi connectivity index (χ2v) is 7.31. The summed E-state index contributed by atoms with van der Waals surface area (Å²) < 4.78 is 11.2. The Kier molecular flexibility index (Phi) is 5.38. The Morgan fingerprint density at radius 3 is 2.61 bits per heavy atom. The van der Waals surface area contributed by atoms with Gasteiger partial charge in [0.1, 0.15) is 0 Å². The van der Waals surface area contributed by atoms with Crippen molar-refractivity contribution in [1.29, 1.82) is 0 Å². The number of nitrogens with zero attached hydrogens (tertiary/aromatic N) is 4. The maximum absolute atomic E-state index is 12.8. The van der Waals surface area contributed by atoms with E-state index in [1.54, 1.807) is 20.4 Å². The number of hydrogen-bond acceptors (Lipinski definition) is 6. The van der Waals surface area contributed by atoms with Crippen molar-refractivity contribution in [2.75, 3.05) is 53.5 Å². The van der Waals surface area contributed by atoms with E-state index < -0.39 is 5.85 Å². The van der Waals surface area contributed by atoms with Gasteiger partial charge < -0.3 is 24.6 Å². The number of likely N-dealkylation sites (tertiary alicyclic amines) is 1. The van der Waals surface area contributed by atoms with Crippen LogP contribution in [0.15, 0.2) is 30.7 Å². The van der Waals surface area contributed by atoms with Crippen molar-refractivity contribution in [2.45, 2.75) is 18.4 Å². The molecule has 0 spiro atoms. The molecule has 1 aromatic heterocycles. The molecule has 0 saturated carbocycles. The quantitative estimate of drug-likeness (QED) is 0.789. The average Bonchev–Trinajstić information content (AvgIpc) is 3.45. The van der Waals surface area contributed by atoms with E-state index in [0.29, 0.717) is 19.6 Å². The molecule has 3 aliphatic heterocycles. The fraction of sp³-hybridized carbons (Fsp3) is 0.579. The Balaban J connectivity index is 1.35. The number of hydrogen-bond donors (Lipinski definition) is 2. The van der Waals surface area contributed by atoms with E-state index in [-0.39, 0.29) is 12.1 Å². The highest BCUT2D eigenvalue weighted by Gasteiger charge is 2.39. The summed E-state index contributed by atoms with van der Waals surface area (Å²) in [5.74, 6) is -0.697. The van der Waals surface area contributed by atoms with Gasteiger partial charge in [-0.05, 0) is 12.5 Å². The van der Waals surface area contributed by atoms with Gasteiger partial charge in [0.2, 0.25) is 5.85 Å². The lowest BCUT2D eigenvalue weighted by molar-refractivity contribution is -0.126. The normalized spacial score (nSPS) is 28.4. The van der Waals surface area contributed by atoms with Crippen LogP contribution in [0.4, 0.5) is 4.79 Å². The molecule has 4 rings (SSSR count). The van der Waals surface area contributed by atoms with E-state index in [4.69, 9.17) is 9.47 Å². The summed E-state index contributed by atoms with van der Waals surface area (Å²) in [6.07, 6.45) is 10.7. The fourth-order valence-electron chi connectivity index (χ4n) is 4.05. The third kappa shape index (κ3) is 3.52. The molecule has 2 N–H and O–H groups in total. The topological polar surface area (TPSA) is 86.0 Å². The predicted molar refractivity (Wildman–Crippen MR) is 104 cm³/mol. The molecule has 152 valence electrons. The summed E-state index contributed by atoms with van der Waals surface area (Å²) in [4.78, 5) is 18.8. The third-order valence-electron chi connectivity index (χ3n) is 5.83. The molecular formula is C19H28N6O3. The van der Waals surface area contributed by atoms with Crippen LogP contribution < -0.4 is 5.32 Å². The fourth-order valence-corrected chi connectivity index (χ4v) is 4.05. The van der Waals surface area contributed by atoms with E-state index in [9.17, 15) is 4.79 Å². The first kappa shape index (κ1) is 19.0. The first-order valence-electron chi connectivity index (χ1n) is 9.68. The Hall–Kier alpha value is -2.36. The van der Waals surface area contributed by atoms with Crippen molar-refractivity contribution in [3.63, 3.8) is 0 Å². The predicted octanol–water partition coefficient (Wildman–Crippen LogP) is 0.669. The summed E-state index contributed by atoms with van der Waals surface area (Å²) in [7, 11) is 3.40. The molecule has 1 unspecified atom stereocenters. The SMILES string of the molecule is COC1CCN(C(=O)N2CCN([C@]3(OC)C=CC(c4cn[nH]c4)=CN3)CC2)C1. The van der Waals surface area contributed by atoms with E-state index in [1.165, 1.54) is 0 Å². The highest BCUT2D eigenvalue weighted by Crippen LogP contribution is 2.26. The smallest absolute Gasteiger partial charge is 0.320 e. The third-order valence-corrected chi connectivity index (χ3v) is 5.83. The summed E-state index contributed by atoms with van der Waals surface area (Å²) in [6, 6.07) is 0.111. The number of aromatic nitrogens is 2. The van der Waals surface area contributed by atoms with Gasteiger partial charge in [0.05, 0.1) is 12.3 Å². The lowest BCUT2D eigenvalue weighted by Crippen LogP contribution is -2.64. The van der Waals surface area contributed by atoms with Crippen LogP contribution in [0.5, 0.6) is 0 Å². The molecule has 2 saturated heterocycles. The molecule has 0 aromatic carbocycles. The van der Waals surface area contributed by atoms with Gasteiger partial charge in [0, 0.05) is 77.0 Å². The lowest BCUT2D eigenvalue weighted by Gasteiger charge is -2.46. The molecule has 2 fully saturated rings. The van der Waals surface area contributed by atoms with Crippen LogP contribution in [0.1, 0.15) is 12.0 Å². The molecule has 0 bridgehead atoms. The van der Waals surface area contributed by atoms with Crippen LogP contribution in [0.2, 0.25) is 0 Å². The van der Waals surface area contributed by atoms with Crippen LogP contribution in [0.3, 0.4) is 0 Å². The zero-order valence-electron chi connectivity index (χ0n) is 16.4. The minimum atomic E-state index is -0.697. The Bertz CT molecular complexity index is 741. The Labute approximate surface area is 164 Å². The van der Waals surface area contributed by atoms with Crippen molar-refractivity contribution < 1.29 is 14.3 Å². The van der Waals surface area contributed by atoms with Gasteiger partial charge in [0.25, 0.3) is 0 Å². The number of urea groups is 1. The summed E-state index contributed by atoms with van der Waals surface area (Å²) in [5.41, 5.74) is 2.06. The summed E-state index contributed by atoms with van der Waals surface area (Å²) in [5, 5.41) is 10.2. The van der Waals surface area contributed by atoms with E-state index in [0.717, 1.165) is 37.2 Å². The van der Waals surface area contributed by atoms with Crippen LogP contribution in [-0.4, -0.2) is 96.4 Å². The van der Waals surface area contributed by atoms with Crippen LogP contribution in [-0.2, 0) is 9.47 Å². The maximum atomic E-state index is 12.8. The van der Waals surface area contributed by atoms with Gasteiger partial charge in [-0.3, -0.25) is 10.00 Å². The van der Waals surface area contributed by atoms with Gasteiger partial charge in [-0.2, -0.15) is 5.10 Å². The molecular weight excluding hydrogens is 360 g/mol. The number of allylic oxidation sites excluding steroid dienone is 2. The molecule has 1 aromatic rings. The number of methoxy groups -OCH3 is 2. The second-order valence-electron chi connectivity index (χ2n) is 7.31. The lowest BCUT2D eigenvalue weighted by atomic mass is 10.1. The van der Waals surface area contributed by atoms with Gasteiger partial charge in [-0.15, -0.1) is 0 Å². The second kappa shape index (κ2) is 7.94. The summed E-state index contributed by atoms with van der Waals surface area (Å²) in [6.45, 7) is 4.26. The van der Waals surface area contributed by atoms with Crippen LogP contribution in [0, 0.1) is 0 Å². The highest BCUT2D eigenvalue weighted by molar-refractivity contribution is 5.75. The molecule has 9 heteroatoms. The highest BCUT2D eigenvalue weighted by atomic mass is 16.5. The Morgan fingerprint density at radius 2 is 2.04 bits per heavy atom. The molecule has 0 aliphatic carbocycles. The first-order chi connectivity index (χ1) is 13.6. The van der Waals surface area contributed by atoms with Gasteiger partial charge in [-0.25, -0.2) is 4.79 Å². The van der Waals surface area contributed by atoms with Crippen LogP contribution >= 0.6 is 0 Å². The van der Waals surface area contributed by atoms with E-state index in [1.807, 2.05) is 34.3 Å². The monoisotopic (exact) mass is 388 g/mol. The molecule has 3 aliphatic rings. The number of H-pyrrole nitrogens is 1. The number of nitrogens with one attached hydrogen (secondary N) is 2. The molecule has 9 nitrogen and oxygen atoms in total. The number of carbonyl (C=O) groups is 1. The molecule has 28 heavy (non-hydrogen) atoms. The maximum Gasteiger partial charge on any atom is 0.320 e.